The number of hydrogen-bond donors (Lipinski definition) is 2. The molecule has 0 radical (unpaired) electrons. The Balaban J connectivity index is 2.05. The van der Waals surface area contributed by atoms with Crippen LogP contribution in [0.4, 0.5) is 0 Å². The van der Waals surface area contributed by atoms with Gasteiger partial charge >= 0.3 is 5.97 Å². The molecule has 2 unspecified atom stereocenters. The second-order valence-electron chi connectivity index (χ2n) is 4.95. The van der Waals surface area contributed by atoms with Gasteiger partial charge in [-0.25, -0.2) is 0 Å². The van der Waals surface area contributed by atoms with Crippen molar-refractivity contribution in [2.75, 3.05) is 19.6 Å². The summed E-state index contributed by atoms with van der Waals surface area (Å²) in [6.45, 7) is 1.16. The SMILES string of the molecule is O=C1CN(C(=O)C2CCCC2C(=O)O)CCCN1. The highest BCUT2D eigenvalue weighted by atomic mass is 16.4. The summed E-state index contributed by atoms with van der Waals surface area (Å²) in [6, 6.07) is 0. The Labute approximate surface area is 105 Å². The fraction of sp³-hybridized carbons (Fsp3) is 0.750. The minimum absolute atomic E-state index is 0.0572. The van der Waals surface area contributed by atoms with Crippen LogP contribution in [-0.4, -0.2) is 47.4 Å². The van der Waals surface area contributed by atoms with E-state index in [2.05, 4.69) is 5.32 Å². The molecule has 18 heavy (non-hydrogen) atoms. The summed E-state index contributed by atoms with van der Waals surface area (Å²) in [5, 5.41) is 11.8. The van der Waals surface area contributed by atoms with E-state index in [1.165, 1.54) is 4.90 Å². The van der Waals surface area contributed by atoms with Crippen LogP contribution in [0.25, 0.3) is 0 Å². The zero-order valence-corrected chi connectivity index (χ0v) is 10.2. The van der Waals surface area contributed by atoms with Crippen molar-refractivity contribution in [2.24, 2.45) is 11.8 Å². The largest absolute Gasteiger partial charge is 0.481 e. The molecule has 1 saturated carbocycles. The lowest BCUT2D eigenvalue weighted by atomic mass is 9.94. The van der Waals surface area contributed by atoms with Gasteiger partial charge in [-0.3, -0.25) is 14.4 Å². The zero-order chi connectivity index (χ0) is 13.1. The van der Waals surface area contributed by atoms with Gasteiger partial charge in [0.2, 0.25) is 11.8 Å². The highest BCUT2D eigenvalue weighted by molar-refractivity contribution is 5.89. The number of amides is 2. The molecule has 6 heteroatoms. The number of carbonyl (C=O) groups excluding carboxylic acids is 2. The highest BCUT2D eigenvalue weighted by Crippen LogP contribution is 2.33. The number of carboxylic acids is 1. The van der Waals surface area contributed by atoms with Gasteiger partial charge in [-0.2, -0.15) is 0 Å². The van der Waals surface area contributed by atoms with Crippen LogP contribution >= 0.6 is 0 Å². The van der Waals surface area contributed by atoms with Gasteiger partial charge in [0.1, 0.15) is 0 Å². The van der Waals surface area contributed by atoms with E-state index < -0.39 is 17.8 Å². The number of nitrogens with zero attached hydrogens (tertiary/aromatic N) is 1. The molecule has 6 nitrogen and oxygen atoms in total. The lowest BCUT2D eigenvalue weighted by molar-refractivity contribution is -0.149. The molecule has 0 aromatic rings. The van der Waals surface area contributed by atoms with Crippen LogP contribution in [0.15, 0.2) is 0 Å². The van der Waals surface area contributed by atoms with E-state index in [0.717, 1.165) is 12.8 Å². The predicted molar refractivity (Wildman–Crippen MR) is 62.7 cm³/mol. The summed E-state index contributed by atoms with van der Waals surface area (Å²) in [7, 11) is 0. The van der Waals surface area contributed by atoms with Crippen molar-refractivity contribution in [3.8, 4) is 0 Å². The maximum absolute atomic E-state index is 12.3. The molecule has 2 rings (SSSR count). The van der Waals surface area contributed by atoms with E-state index in [0.29, 0.717) is 25.9 Å². The van der Waals surface area contributed by atoms with Gasteiger partial charge in [-0.1, -0.05) is 6.42 Å². The monoisotopic (exact) mass is 254 g/mol. The lowest BCUT2D eigenvalue weighted by Gasteiger charge is -2.24. The van der Waals surface area contributed by atoms with Gasteiger partial charge in [0.15, 0.2) is 0 Å². The first-order chi connectivity index (χ1) is 8.59. The number of rotatable bonds is 2. The summed E-state index contributed by atoms with van der Waals surface area (Å²) in [5.74, 6) is -2.26. The van der Waals surface area contributed by atoms with Gasteiger partial charge in [-0.15, -0.1) is 0 Å². The molecule has 2 amide bonds. The maximum Gasteiger partial charge on any atom is 0.307 e. The molecule has 1 aliphatic heterocycles. The molecule has 1 heterocycles. The normalized spacial score (nSPS) is 28.7. The van der Waals surface area contributed by atoms with Crippen molar-refractivity contribution >= 4 is 17.8 Å². The van der Waals surface area contributed by atoms with E-state index in [1.807, 2.05) is 0 Å². The Morgan fingerprint density at radius 1 is 1.22 bits per heavy atom. The third-order valence-electron chi connectivity index (χ3n) is 3.72. The average Bonchev–Trinajstić information content (AvgIpc) is 2.72. The molecule has 0 spiro atoms. The number of carbonyl (C=O) groups is 3. The fourth-order valence-electron chi connectivity index (χ4n) is 2.78. The van der Waals surface area contributed by atoms with Crippen LogP contribution in [0.1, 0.15) is 25.7 Å². The molecule has 1 aliphatic carbocycles. The first-order valence-electron chi connectivity index (χ1n) is 6.38. The summed E-state index contributed by atoms with van der Waals surface area (Å²) in [5.41, 5.74) is 0. The minimum Gasteiger partial charge on any atom is -0.481 e. The second-order valence-corrected chi connectivity index (χ2v) is 4.95. The van der Waals surface area contributed by atoms with E-state index in [1.54, 1.807) is 0 Å². The number of nitrogens with one attached hydrogen (secondary N) is 1. The Morgan fingerprint density at radius 2 is 1.94 bits per heavy atom. The molecule has 0 aromatic carbocycles. The number of aliphatic carboxylic acids is 1. The van der Waals surface area contributed by atoms with Crippen LogP contribution < -0.4 is 5.32 Å². The quantitative estimate of drug-likeness (QED) is 0.716. The van der Waals surface area contributed by atoms with Crippen molar-refractivity contribution in [1.29, 1.82) is 0 Å². The maximum atomic E-state index is 12.3. The summed E-state index contributed by atoms with van der Waals surface area (Å²) in [6.07, 6.45) is 2.68. The van der Waals surface area contributed by atoms with Gasteiger partial charge in [-0.05, 0) is 19.3 Å². The van der Waals surface area contributed by atoms with E-state index in [-0.39, 0.29) is 18.4 Å². The molecule has 2 aliphatic rings. The molecule has 2 fully saturated rings. The molecule has 100 valence electrons. The van der Waals surface area contributed by atoms with Gasteiger partial charge in [0.25, 0.3) is 0 Å². The van der Waals surface area contributed by atoms with Crippen molar-refractivity contribution in [2.45, 2.75) is 25.7 Å². The molecule has 2 atom stereocenters. The van der Waals surface area contributed by atoms with E-state index in [9.17, 15) is 14.4 Å². The molecule has 0 bridgehead atoms. The molecule has 0 aromatic heterocycles. The summed E-state index contributed by atoms with van der Waals surface area (Å²) in [4.78, 5) is 36.3. The first-order valence-corrected chi connectivity index (χ1v) is 6.38. The Bertz CT molecular complexity index is 369. The average molecular weight is 254 g/mol. The molecule has 1 saturated heterocycles. The minimum atomic E-state index is -0.898. The first kappa shape index (κ1) is 12.9. The second kappa shape index (κ2) is 5.37. The highest BCUT2D eigenvalue weighted by Gasteiger charge is 2.40. The van der Waals surface area contributed by atoms with Crippen LogP contribution in [0.3, 0.4) is 0 Å². The summed E-state index contributed by atoms with van der Waals surface area (Å²) >= 11 is 0. The van der Waals surface area contributed by atoms with Gasteiger partial charge in [0, 0.05) is 13.1 Å². The number of carboxylic acid groups (broad SMARTS) is 1. The summed E-state index contributed by atoms with van der Waals surface area (Å²) < 4.78 is 0. The predicted octanol–water partition coefficient (Wildman–Crippen LogP) is -0.164. The van der Waals surface area contributed by atoms with Crippen molar-refractivity contribution in [3.63, 3.8) is 0 Å². The van der Waals surface area contributed by atoms with Crippen molar-refractivity contribution in [1.82, 2.24) is 10.2 Å². The lowest BCUT2D eigenvalue weighted by Crippen LogP contribution is -2.42. The van der Waals surface area contributed by atoms with E-state index >= 15 is 0 Å². The van der Waals surface area contributed by atoms with Crippen molar-refractivity contribution < 1.29 is 19.5 Å². The fourth-order valence-corrected chi connectivity index (χ4v) is 2.78. The van der Waals surface area contributed by atoms with Crippen LogP contribution in [0, 0.1) is 11.8 Å². The van der Waals surface area contributed by atoms with Gasteiger partial charge in [0.05, 0.1) is 18.4 Å². The van der Waals surface area contributed by atoms with Gasteiger partial charge < -0.3 is 15.3 Å². The van der Waals surface area contributed by atoms with Crippen molar-refractivity contribution in [3.05, 3.63) is 0 Å². The Kier molecular flexibility index (Phi) is 3.84. The van der Waals surface area contributed by atoms with E-state index in [4.69, 9.17) is 5.11 Å². The standard InChI is InChI=1S/C12H18N2O4/c15-10-7-14(6-2-5-13-10)11(16)8-3-1-4-9(8)12(17)18/h8-9H,1-7H2,(H,13,15)(H,17,18). The smallest absolute Gasteiger partial charge is 0.307 e. The molecule has 2 N–H and O–H groups in total. The third-order valence-corrected chi connectivity index (χ3v) is 3.72. The Hall–Kier alpha value is -1.59. The number of hydrogen-bond acceptors (Lipinski definition) is 3. The molecular formula is C12H18N2O4. The Morgan fingerprint density at radius 3 is 2.67 bits per heavy atom. The topological polar surface area (TPSA) is 86.7 Å². The third kappa shape index (κ3) is 2.63. The molecular weight excluding hydrogens is 236 g/mol. The van der Waals surface area contributed by atoms with Crippen LogP contribution in [0.5, 0.6) is 0 Å². The zero-order valence-electron chi connectivity index (χ0n) is 10.2. The van der Waals surface area contributed by atoms with Crippen LogP contribution in [-0.2, 0) is 14.4 Å². The van der Waals surface area contributed by atoms with Crippen LogP contribution in [0.2, 0.25) is 0 Å².